The summed E-state index contributed by atoms with van der Waals surface area (Å²) >= 11 is 0. The average molecular weight is 2310 g/mol. The molecule has 0 aromatic carbocycles. The Morgan fingerprint density at radius 1 is 0.0538 bits per heavy atom. The zero-order valence-electron chi connectivity index (χ0n) is 167. The molecular formula is C32H422N98. The van der Waals surface area contributed by atoms with Crippen LogP contribution in [0.25, 0.3) is 0 Å². The van der Waals surface area contributed by atoms with Crippen LogP contribution in [-0.2, 0) is 0 Å². The molecule has 0 atom stereocenters. The van der Waals surface area contributed by atoms with Crippen LogP contribution in [0.15, 0.2) is 0 Å². The molecule has 0 heterocycles. The van der Waals surface area contributed by atoms with Crippen molar-refractivity contribution in [2.45, 2.75) is 238 Å². The lowest BCUT2D eigenvalue weighted by Crippen LogP contribution is -0.482. The molecule has 0 bridgehead atoms. The van der Waals surface area contributed by atoms with Gasteiger partial charge in [0.05, 0.1) is 0 Å². The van der Waals surface area contributed by atoms with E-state index in [-0.39, 0.29) is 193 Å². The highest BCUT2D eigenvalue weighted by molar-refractivity contribution is 2.54. The van der Waals surface area contributed by atoms with Crippen LogP contribution >= 0.6 is 0 Å². The van der Waals surface area contributed by atoms with E-state index < -0.39 is 0 Å². The van der Waals surface area contributed by atoms with Gasteiger partial charge >= 0.3 is 0 Å². The zero-order chi connectivity index (χ0) is 208. The molecule has 0 aliphatic carbocycles. The van der Waals surface area contributed by atoms with Gasteiger partial charge in [-0.3, -0.25) is 0 Å². The Morgan fingerprint density at radius 2 is 0.0538 bits per heavy atom. The van der Waals surface area contributed by atoms with E-state index in [4.69, 9.17) is 147 Å². The molecule has 0 saturated carbocycles. The van der Waals surface area contributed by atoms with Gasteiger partial charge in [0.15, 0.2) is 0 Å². The highest BCUT2D eigenvalue weighted by atomic mass is 14.1. The van der Waals surface area contributed by atoms with Gasteiger partial charge in [-0.25, -0.2) is 0 Å². The number of rotatable bonds is 0. The molecule has 0 unspecified atom stereocenters. The first-order valence-electron chi connectivity index (χ1n) is 62.6. The molecule has 0 aliphatic rings. The quantitative estimate of drug-likeness (QED) is 0.107. The lowest BCUT2D eigenvalue weighted by Gasteiger charge is -0.345. The van der Waals surface area contributed by atoms with Crippen LogP contribution in [0.5, 0.6) is 0 Å². The highest BCUT2D eigenvalue weighted by Gasteiger charge is -0.0320. The fourth-order valence-corrected chi connectivity index (χ4v) is 0. The number of hydrogen-bond acceptors (Lipinski definition) is 98. The summed E-state index contributed by atoms with van der Waals surface area (Å²) in [6.45, 7) is 0. The molecule has 0 saturated heterocycles. The van der Waals surface area contributed by atoms with E-state index in [1.807, 2.05) is 0 Å². The van der Waals surface area contributed by atoms with Crippen molar-refractivity contribution in [3.05, 3.63) is 0 Å². The Hall–Kier alpha value is -3.92. The van der Waals surface area contributed by atoms with Crippen molar-refractivity contribution in [1.82, 2.24) is 602 Å². The van der Waals surface area contributed by atoms with Gasteiger partial charge in [0, 0.05) is 8.22 Å². The predicted molar refractivity (Wildman–Crippen MR) is 708 cm³/mol. The van der Waals surface area contributed by atoms with Crippen molar-refractivity contribution in [3.63, 3.8) is 0 Å². The Bertz CT molecular complexity index is 337. The summed E-state index contributed by atoms with van der Waals surface area (Å²) in [6.07, 6.45) is 368. The SMILES string of the molecule is C.C.C.C.C.C.C.C.C.C.C.C.C.C.C.C.C.C.C.C.C.C.C.C.C.C.[2H]N.[2H]N.[2H]N.[2H]N.[2H]N.[2H]N.[2H]N.[2H]N.[2H]N.[2H]N.[2H]N.[2H]N.[2H]N.[2H]N.[2H]N.[2H]N.[2H]N.[2H]N.[2H]N.[2H]N.[2H]N.[2H]N.[2H]N.[2H]N.[2H]N.[2H]N.[2H]N.[2H]N.[2H]N.[2H]N.[2H]N.[2H]N.[2H]N.[2H]N.[2H]N.[2H]N.[2H]N.[2H]N.[2H]N.[2H]N.[2H]N.[2H]N.[2H]N.[2H]N.[2H]N.[2H]N.[2H]N.[2H]N.[2H]N.[2H]N.[2H]N.[2H]N.[2H]N.[2H]N.[2H]N.[2H]N.[2H]N.[2H]N.[2H]N.[2H]N.[2H]N.[2H]N.[2H]N.[2H]N.[2H]N.[2H]N.[2H]N.[2H]N.[2H]N.[2H]N.[2H]N.[2H]N.[2H]N.[2H]N.[2H]N.[2H]N.[2H]N.[2H]N.[2H]N.[2H]N.[2H]N.[2H]N.[2H]N.[2H]N.[3H]C.[3H]C.[3H]C.[3H]C.[3H]C.[3H]C.[3H]N.[3H]N.[3H]N.[3H]N.[3H]N.[3H]N.[3H]N.[3H]N.[3H]N.[3H]N.[3H]N.[3H]N.[3H]N.[3H]N. The molecule has 294 N–H and O–H groups in total. The van der Waals surface area contributed by atoms with Crippen molar-refractivity contribution in [2.24, 2.45) is 0 Å². The molecule has 0 aromatic rings. The predicted octanol–water partition coefficient (Wildman–Crippen LogP) is 36.2. The summed E-state index contributed by atoms with van der Waals surface area (Å²) in [5.74, 6) is 0. The molecular weight excluding hydrogens is 1760 g/mol. The monoisotopic (exact) mass is 2310 g/mol. The second kappa shape index (κ2) is 125000. The molecule has 0 fully saturated rings. The van der Waals surface area contributed by atoms with Crippen LogP contribution in [-0.4, -0.2) is 0 Å². The van der Waals surface area contributed by atoms with Crippen molar-refractivity contribution in [2.75, 3.05) is 0 Å². The summed E-state index contributed by atoms with van der Waals surface area (Å²) < 4.78 is 549. The van der Waals surface area contributed by atoms with E-state index in [9.17, 15) is 0 Å². The third kappa shape index (κ3) is 122000. The lowest BCUT2D eigenvalue weighted by molar-refractivity contribution is 2.13. The Balaban J connectivity index is -0.00000000364. The first kappa shape index (κ1) is 197. The van der Waals surface area contributed by atoms with Gasteiger partial charge in [0.25, 0.3) is 0 Å². The first-order chi connectivity index (χ1) is 104. The second-order valence-electron chi connectivity index (χ2n) is 0. The fraction of sp³-hybridized carbons (Fsp3) is 1.00. The molecule has 0 radical (unpaired) electrons. The molecule has 98 heteroatoms. The van der Waals surface area contributed by atoms with Crippen LogP contribution in [0.1, 0.15) is 246 Å². The van der Waals surface area contributed by atoms with E-state index in [0.717, 1.165) is 0 Å². The lowest BCUT2D eigenvalue weighted by atomic mass is 12.0. The normalized spacial score (nSPS) is 5.60. The van der Waals surface area contributed by atoms with Crippen molar-refractivity contribution in [3.8, 4) is 0 Å². The van der Waals surface area contributed by atoms with Crippen LogP contribution in [0, 0.1) is 0 Å². The summed E-state index contributed by atoms with van der Waals surface area (Å²) in [7, 11) is 7.50. The third-order valence-electron chi connectivity index (χ3n) is 0. The molecule has 0 rings (SSSR count). The van der Waals surface area contributed by atoms with Crippen LogP contribution < -0.4 is 602 Å². The standard InChI is InChI=1S/32CH4.98H3N/h32*1H4;98*1H3/i6*1T;;;;;;;;;;;;;;;;;;;;;;;;;;;;;;;;;;;;;;;;;;;;;;;;;;;;;;;;;;;;;;;;;;;;;;;;;;;;;;;;;;;;;;;;;;;;;;;;;;;;;;;;;;;;;;;;;;;;;;;;;;;;/hT14D84. The Morgan fingerprint density at radius 3 is 0.0538 bits per heavy atom. The van der Waals surface area contributed by atoms with Gasteiger partial charge in [-0.2, -0.15) is 0 Å². The van der Waals surface area contributed by atoms with Crippen LogP contribution in [0.2, 0.25) is 138 Å². The highest BCUT2D eigenvalue weighted by Crippen LogP contribution is 0.181. The van der Waals surface area contributed by atoms with Crippen LogP contribution in [0.3, 0.4) is 0 Å². The third-order valence-corrected chi connectivity index (χ3v) is 0. The first-order valence-corrected chi connectivity index (χ1v) is 0. The van der Waals surface area contributed by atoms with Gasteiger partial charge in [-0.05, 0) is 0 Å². The second-order valence-corrected chi connectivity index (χ2v) is 0. The molecule has 0 aromatic heterocycles. The Kier molecular flexibility index (Phi) is 190000. The summed E-state index contributed by atoms with van der Waals surface area (Å²) in [6, 6.07) is 0. The molecule has 0 spiro atoms. The maximum Gasteiger partial charge on any atom is 0.115 e. The van der Waals surface area contributed by atoms with Crippen molar-refractivity contribution in [1.29, 1.82) is 0 Å². The maximum atomic E-state index is 5.75. The van der Waals surface area contributed by atoms with Crippen molar-refractivity contribution < 1.29 is 147 Å². The molecule has 0 amide bonds. The van der Waals surface area contributed by atoms with Crippen LogP contribution in [0.4, 0.5) is 0 Å². The maximum absolute atomic E-state index is 5.75. The van der Waals surface area contributed by atoms with E-state index in [0.29, 0.717) is 0 Å². The van der Waals surface area contributed by atoms with Gasteiger partial charge < -0.3 is 602 Å². The minimum Gasteiger partial charge on any atom is -0.344 e. The zero-order valence-corrected chi connectivity index (χ0v) is 62.6. The molecule has 0 aliphatic heterocycles. The minimum atomic E-state index is 0. The smallest absolute Gasteiger partial charge is 0.115 e. The average Bonchev–Trinajstić information content (AvgIpc) is 4.40. The van der Waals surface area contributed by atoms with E-state index in [1.54, 1.807) is 0 Å². The van der Waals surface area contributed by atoms with E-state index >= 15 is 0 Å². The fourth-order valence-electron chi connectivity index (χ4n) is 0. The van der Waals surface area contributed by atoms with E-state index in [1.165, 1.54) is 44.4 Å². The summed E-state index contributed by atoms with van der Waals surface area (Å²) in [4.78, 5) is 0. The van der Waals surface area contributed by atoms with Gasteiger partial charge in [0.1, 0.15) is 138 Å². The minimum absolute atomic E-state index is 0. The Labute approximate surface area is 990 Å². The van der Waals surface area contributed by atoms with Gasteiger partial charge in [-0.1, -0.05) is 238 Å². The largest absolute Gasteiger partial charge is 0.344 e. The summed E-state index contributed by atoms with van der Waals surface area (Å²) in [5.41, 5.74) is 0. The topological polar surface area (TPSA) is 3430 Å². The van der Waals surface area contributed by atoms with Gasteiger partial charge in [-0.15, -0.1) is 0 Å². The summed E-state index contributed by atoms with van der Waals surface area (Å²) in [5, 5.41) is 0. The molecule has 98 nitrogen and oxygen atoms in total. The number of hydrogen-bond donors (Lipinski definition) is 98. The van der Waals surface area contributed by atoms with E-state index in [2.05, 4.69) is 602 Å². The van der Waals surface area contributed by atoms with Gasteiger partial charge in [0.2, 0.25) is 0 Å². The molecule has 130 heavy (non-hydrogen) atoms. The van der Waals surface area contributed by atoms with Crippen molar-refractivity contribution >= 4 is 0 Å². The molecule has 1040 valence electrons.